The molecule has 7 nitrogen and oxygen atoms in total. The number of nitrogens with two attached hydrogens (primary N) is 1. The van der Waals surface area contributed by atoms with E-state index in [1.165, 1.54) is 11.6 Å². The fourth-order valence-corrected chi connectivity index (χ4v) is 2.42. The average molecular weight is 317 g/mol. The van der Waals surface area contributed by atoms with Crippen LogP contribution in [-0.2, 0) is 30.1 Å². The topological polar surface area (TPSA) is 96.3 Å². The number of carbonyl (C=O) groups excluding carboxylic acids is 1. The molecule has 0 radical (unpaired) electrons. The first kappa shape index (κ1) is 16.7. The van der Waals surface area contributed by atoms with Crippen LogP contribution in [0.3, 0.4) is 0 Å². The highest BCUT2D eigenvalue weighted by Crippen LogP contribution is 2.19. The maximum Gasteiger partial charge on any atom is 0.330 e. The first-order chi connectivity index (χ1) is 10.9. The molecule has 0 unspecified atom stereocenters. The van der Waals surface area contributed by atoms with Crippen LogP contribution in [0.2, 0.25) is 0 Å². The lowest BCUT2D eigenvalue weighted by Gasteiger charge is -2.12. The van der Waals surface area contributed by atoms with Crippen LogP contribution < -0.4 is 17.1 Å². The van der Waals surface area contributed by atoms with Gasteiger partial charge in [0.25, 0.3) is 5.56 Å². The van der Waals surface area contributed by atoms with Gasteiger partial charge in [0, 0.05) is 19.8 Å². The van der Waals surface area contributed by atoms with E-state index in [4.69, 9.17) is 5.90 Å². The van der Waals surface area contributed by atoms with Gasteiger partial charge in [-0.25, -0.2) is 4.79 Å². The van der Waals surface area contributed by atoms with Crippen molar-refractivity contribution in [3.63, 3.8) is 0 Å². The molecule has 2 rings (SSSR count). The number of hydrogen-bond donors (Lipinski definition) is 1. The Hall–Kier alpha value is -2.67. The van der Waals surface area contributed by atoms with E-state index in [2.05, 4.69) is 4.84 Å². The number of carbonyl (C=O) groups is 1. The minimum atomic E-state index is -0.475. The van der Waals surface area contributed by atoms with Gasteiger partial charge in [0.05, 0.1) is 12.0 Å². The van der Waals surface area contributed by atoms with Crippen molar-refractivity contribution in [3.05, 3.63) is 56.4 Å². The first-order valence-corrected chi connectivity index (χ1v) is 7.12. The molecule has 122 valence electrons. The summed E-state index contributed by atoms with van der Waals surface area (Å²) in [7, 11) is 3.09. The molecule has 0 saturated heterocycles. The summed E-state index contributed by atoms with van der Waals surface area (Å²) in [6.45, 7) is 1.74. The Labute approximate surface area is 132 Å². The Kier molecular flexibility index (Phi) is 4.80. The highest BCUT2D eigenvalue weighted by Gasteiger charge is 2.14. The van der Waals surface area contributed by atoms with Crippen molar-refractivity contribution in [2.75, 3.05) is 0 Å². The summed E-state index contributed by atoms with van der Waals surface area (Å²) >= 11 is 0. The van der Waals surface area contributed by atoms with Crippen molar-refractivity contribution >= 4 is 5.97 Å². The Morgan fingerprint density at radius 1 is 1.13 bits per heavy atom. The average Bonchev–Trinajstić information content (AvgIpc) is 2.57. The van der Waals surface area contributed by atoms with Gasteiger partial charge in [-0.15, -0.1) is 0 Å². The number of benzene rings is 1. The van der Waals surface area contributed by atoms with Crippen LogP contribution >= 0.6 is 0 Å². The summed E-state index contributed by atoms with van der Waals surface area (Å²) in [5, 5.41) is 0. The van der Waals surface area contributed by atoms with Crippen molar-refractivity contribution in [2.24, 2.45) is 20.0 Å². The van der Waals surface area contributed by atoms with Gasteiger partial charge in [-0.3, -0.25) is 14.2 Å². The monoisotopic (exact) mass is 317 g/mol. The quantitative estimate of drug-likeness (QED) is 0.824. The van der Waals surface area contributed by atoms with Crippen LogP contribution in [0.4, 0.5) is 0 Å². The molecular weight excluding hydrogens is 298 g/mol. The third-order valence-corrected chi connectivity index (χ3v) is 3.95. The van der Waals surface area contributed by atoms with Crippen LogP contribution in [-0.4, -0.2) is 15.1 Å². The van der Waals surface area contributed by atoms with Crippen LogP contribution in [0.25, 0.3) is 11.1 Å². The Morgan fingerprint density at radius 2 is 1.74 bits per heavy atom. The van der Waals surface area contributed by atoms with Crippen molar-refractivity contribution in [1.29, 1.82) is 0 Å². The van der Waals surface area contributed by atoms with Gasteiger partial charge < -0.3 is 9.40 Å². The van der Waals surface area contributed by atoms with Crippen molar-refractivity contribution in [3.8, 4) is 11.1 Å². The molecule has 0 aliphatic rings. The van der Waals surface area contributed by atoms with Gasteiger partial charge in [-0.1, -0.05) is 24.3 Å². The lowest BCUT2D eigenvalue weighted by molar-refractivity contribution is -0.144. The smallest absolute Gasteiger partial charge is 0.330 e. The zero-order valence-electron chi connectivity index (χ0n) is 13.3. The summed E-state index contributed by atoms with van der Waals surface area (Å²) in [5.74, 6) is 4.32. The molecule has 1 aromatic heterocycles. The predicted octanol–water partition coefficient (Wildman–Crippen LogP) is 0.409. The number of aromatic nitrogens is 2. The molecule has 0 amide bonds. The molecule has 1 aromatic carbocycles. The van der Waals surface area contributed by atoms with E-state index in [9.17, 15) is 14.4 Å². The number of aryl methyl sites for hydroxylation is 1. The molecule has 23 heavy (non-hydrogen) atoms. The molecule has 0 saturated carbocycles. The molecule has 1 heterocycles. The van der Waals surface area contributed by atoms with Crippen LogP contribution in [0.5, 0.6) is 0 Å². The van der Waals surface area contributed by atoms with E-state index in [1.807, 2.05) is 12.1 Å². The minimum absolute atomic E-state index is 0.191. The van der Waals surface area contributed by atoms with E-state index in [0.29, 0.717) is 17.7 Å². The minimum Gasteiger partial charge on any atom is -0.373 e. The van der Waals surface area contributed by atoms with Crippen molar-refractivity contribution < 1.29 is 9.63 Å². The zero-order valence-corrected chi connectivity index (χ0v) is 13.3. The molecule has 0 aliphatic heterocycles. The summed E-state index contributed by atoms with van der Waals surface area (Å²) in [4.78, 5) is 39.4. The third kappa shape index (κ3) is 3.24. The van der Waals surface area contributed by atoms with E-state index >= 15 is 0 Å². The van der Waals surface area contributed by atoms with Gasteiger partial charge >= 0.3 is 11.7 Å². The molecule has 2 aromatic rings. The molecule has 7 heteroatoms. The summed E-state index contributed by atoms with van der Waals surface area (Å²) in [5.41, 5.74) is 2.07. The fourth-order valence-electron chi connectivity index (χ4n) is 2.42. The predicted molar refractivity (Wildman–Crippen MR) is 85.7 cm³/mol. The highest BCUT2D eigenvalue weighted by molar-refractivity contribution is 5.69. The summed E-state index contributed by atoms with van der Waals surface area (Å²) < 4.78 is 2.54. The lowest BCUT2D eigenvalue weighted by atomic mass is 10.0. The van der Waals surface area contributed by atoms with Crippen LogP contribution in [0, 0.1) is 6.92 Å². The molecular formula is C16H19N3O4. The highest BCUT2D eigenvalue weighted by atomic mass is 16.7. The van der Waals surface area contributed by atoms with Crippen LogP contribution in [0.15, 0.2) is 33.9 Å². The summed E-state index contributed by atoms with van der Waals surface area (Å²) in [6.07, 6.45) is 0.692. The molecule has 0 atom stereocenters. The second-order valence-electron chi connectivity index (χ2n) is 5.35. The van der Waals surface area contributed by atoms with Crippen LogP contribution in [0.1, 0.15) is 17.7 Å². The zero-order chi connectivity index (χ0) is 17.1. The number of hydrogen-bond acceptors (Lipinski definition) is 5. The maximum atomic E-state index is 12.4. The van der Waals surface area contributed by atoms with E-state index < -0.39 is 5.97 Å². The van der Waals surface area contributed by atoms with Gasteiger partial charge in [0.15, 0.2) is 0 Å². The standard InChI is InChI=1S/C16H19N3O4/c1-10-14(15(21)19(3)16(22)18(10)2)12-7-4-11(5-8-12)6-9-13(20)23-17/h4-5,7-8H,6,9,17H2,1-3H3. The third-order valence-electron chi connectivity index (χ3n) is 3.95. The first-order valence-electron chi connectivity index (χ1n) is 7.12. The molecule has 0 aliphatic carbocycles. The molecule has 0 spiro atoms. The van der Waals surface area contributed by atoms with Gasteiger partial charge in [-0.2, -0.15) is 5.90 Å². The SMILES string of the molecule is Cc1c(-c2ccc(CCC(=O)ON)cc2)c(=O)n(C)c(=O)n1C. The maximum absolute atomic E-state index is 12.4. The fraction of sp³-hybridized carbons (Fsp3) is 0.312. The number of nitrogens with zero attached hydrogens (tertiary/aromatic N) is 2. The Balaban J connectivity index is 2.39. The molecule has 2 N–H and O–H groups in total. The van der Waals surface area contributed by atoms with Gasteiger partial charge in [0.2, 0.25) is 0 Å². The Morgan fingerprint density at radius 3 is 2.30 bits per heavy atom. The van der Waals surface area contributed by atoms with E-state index in [0.717, 1.165) is 15.7 Å². The summed E-state index contributed by atoms with van der Waals surface area (Å²) in [6, 6.07) is 7.28. The lowest BCUT2D eigenvalue weighted by Crippen LogP contribution is -2.39. The van der Waals surface area contributed by atoms with Crippen molar-refractivity contribution in [1.82, 2.24) is 9.13 Å². The van der Waals surface area contributed by atoms with E-state index in [1.54, 1.807) is 26.1 Å². The second-order valence-corrected chi connectivity index (χ2v) is 5.35. The second kappa shape index (κ2) is 6.62. The van der Waals surface area contributed by atoms with E-state index in [-0.39, 0.29) is 17.7 Å². The molecule has 0 bridgehead atoms. The normalized spacial score (nSPS) is 10.6. The van der Waals surface area contributed by atoms with Gasteiger partial charge in [0.1, 0.15) is 0 Å². The van der Waals surface area contributed by atoms with Crippen molar-refractivity contribution in [2.45, 2.75) is 19.8 Å². The number of rotatable bonds is 4. The largest absolute Gasteiger partial charge is 0.373 e. The molecule has 0 fully saturated rings. The Bertz CT molecular complexity index is 847. The van der Waals surface area contributed by atoms with Gasteiger partial charge in [-0.05, 0) is 24.5 Å².